The number of hydrogen-bond donors (Lipinski definition) is 1. The third-order valence-electron chi connectivity index (χ3n) is 4.34. The fraction of sp³-hybridized carbons (Fsp3) is 0.368. The standard InChI is InChI=1S/C19H22Cl2N2O3S/c20-18-5-4-17(11-19(18)21)14-27(24,25)22-12-15-2-1-3-16(10-15)13-23-6-8-26-9-7-23/h1-5,10-11,22H,6-9,12-14H2. The van der Waals surface area contributed by atoms with E-state index in [0.29, 0.717) is 15.6 Å². The van der Waals surface area contributed by atoms with E-state index in [0.717, 1.165) is 44.0 Å². The quantitative estimate of drug-likeness (QED) is 0.733. The van der Waals surface area contributed by atoms with Gasteiger partial charge in [0.05, 0.1) is 29.0 Å². The van der Waals surface area contributed by atoms with Gasteiger partial charge in [-0.3, -0.25) is 4.90 Å². The van der Waals surface area contributed by atoms with Gasteiger partial charge in [0.1, 0.15) is 0 Å². The van der Waals surface area contributed by atoms with Crippen molar-refractivity contribution in [1.29, 1.82) is 0 Å². The molecule has 2 aromatic carbocycles. The number of nitrogens with one attached hydrogen (secondary N) is 1. The van der Waals surface area contributed by atoms with E-state index in [1.807, 2.05) is 18.2 Å². The highest BCUT2D eigenvalue weighted by Gasteiger charge is 2.14. The van der Waals surface area contributed by atoms with Crippen LogP contribution in [-0.2, 0) is 33.6 Å². The molecule has 5 nitrogen and oxygen atoms in total. The molecular formula is C19H22Cl2N2O3S. The third-order valence-corrected chi connectivity index (χ3v) is 6.37. The maximum atomic E-state index is 12.4. The maximum absolute atomic E-state index is 12.4. The zero-order chi connectivity index (χ0) is 19.3. The normalized spacial score (nSPS) is 15.8. The van der Waals surface area contributed by atoms with Crippen molar-refractivity contribution < 1.29 is 13.2 Å². The van der Waals surface area contributed by atoms with Crippen molar-refractivity contribution in [2.75, 3.05) is 26.3 Å². The minimum Gasteiger partial charge on any atom is -0.379 e. The van der Waals surface area contributed by atoms with Crippen molar-refractivity contribution in [2.45, 2.75) is 18.8 Å². The molecule has 27 heavy (non-hydrogen) atoms. The van der Waals surface area contributed by atoms with Gasteiger partial charge in [0.25, 0.3) is 0 Å². The molecule has 1 aliphatic rings. The first-order chi connectivity index (χ1) is 12.9. The van der Waals surface area contributed by atoms with Crippen molar-refractivity contribution in [2.24, 2.45) is 0 Å². The SMILES string of the molecule is O=S(=O)(Cc1ccc(Cl)c(Cl)c1)NCc1cccc(CN2CCOCC2)c1. The largest absolute Gasteiger partial charge is 0.379 e. The molecule has 0 aromatic heterocycles. The van der Waals surface area contributed by atoms with Gasteiger partial charge in [-0.15, -0.1) is 0 Å². The number of sulfonamides is 1. The van der Waals surface area contributed by atoms with Crippen molar-refractivity contribution in [3.63, 3.8) is 0 Å². The second kappa shape index (κ2) is 9.37. The number of halogens is 2. The second-order valence-electron chi connectivity index (χ2n) is 6.54. The van der Waals surface area contributed by atoms with E-state index in [4.69, 9.17) is 27.9 Å². The van der Waals surface area contributed by atoms with Crippen LogP contribution in [0.15, 0.2) is 42.5 Å². The highest BCUT2D eigenvalue weighted by Crippen LogP contribution is 2.23. The summed E-state index contributed by atoms with van der Waals surface area (Å²) in [6.45, 7) is 4.44. The number of benzene rings is 2. The average molecular weight is 429 g/mol. The molecule has 1 saturated heterocycles. The fourth-order valence-electron chi connectivity index (χ4n) is 2.95. The topological polar surface area (TPSA) is 58.6 Å². The van der Waals surface area contributed by atoms with Gasteiger partial charge in [0, 0.05) is 26.2 Å². The molecule has 2 aromatic rings. The number of morpholine rings is 1. The third kappa shape index (κ3) is 6.45. The van der Waals surface area contributed by atoms with E-state index < -0.39 is 10.0 Å². The molecule has 0 spiro atoms. The van der Waals surface area contributed by atoms with Crippen molar-refractivity contribution in [3.8, 4) is 0 Å². The van der Waals surface area contributed by atoms with Gasteiger partial charge in [0.15, 0.2) is 0 Å². The molecule has 1 fully saturated rings. The first-order valence-electron chi connectivity index (χ1n) is 8.70. The van der Waals surface area contributed by atoms with Crippen LogP contribution in [0.3, 0.4) is 0 Å². The van der Waals surface area contributed by atoms with E-state index in [9.17, 15) is 8.42 Å². The van der Waals surface area contributed by atoms with Gasteiger partial charge in [-0.1, -0.05) is 53.5 Å². The van der Waals surface area contributed by atoms with Crippen LogP contribution in [0.2, 0.25) is 10.0 Å². The van der Waals surface area contributed by atoms with Gasteiger partial charge in [0.2, 0.25) is 10.0 Å². The average Bonchev–Trinajstić information content (AvgIpc) is 2.64. The number of nitrogens with zero attached hydrogens (tertiary/aromatic N) is 1. The molecule has 1 N–H and O–H groups in total. The summed E-state index contributed by atoms with van der Waals surface area (Å²) in [5.41, 5.74) is 2.69. The van der Waals surface area contributed by atoms with Crippen molar-refractivity contribution >= 4 is 33.2 Å². The van der Waals surface area contributed by atoms with Crippen molar-refractivity contribution in [1.82, 2.24) is 9.62 Å². The van der Waals surface area contributed by atoms with E-state index in [1.165, 1.54) is 0 Å². The Morgan fingerprint density at radius 3 is 2.44 bits per heavy atom. The summed E-state index contributed by atoms with van der Waals surface area (Å²) in [6, 6.07) is 12.8. The summed E-state index contributed by atoms with van der Waals surface area (Å²) in [6.07, 6.45) is 0. The Kier molecular flexibility index (Phi) is 7.14. The molecule has 3 rings (SSSR count). The minimum absolute atomic E-state index is 0.142. The van der Waals surface area contributed by atoms with Crippen LogP contribution >= 0.6 is 23.2 Å². The molecule has 0 saturated carbocycles. The summed E-state index contributed by atoms with van der Waals surface area (Å²) in [4.78, 5) is 2.33. The van der Waals surface area contributed by atoms with Crippen LogP contribution in [0.25, 0.3) is 0 Å². The Morgan fingerprint density at radius 1 is 0.963 bits per heavy atom. The van der Waals surface area contributed by atoms with Crippen LogP contribution < -0.4 is 4.72 Å². The molecule has 0 atom stereocenters. The molecule has 0 radical (unpaired) electrons. The molecule has 8 heteroatoms. The summed E-state index contributed by atoms with van der Waals surface area (Å²) < 4.78 is 32.7. The molecule has 0 bridgehead atoms. The van der Waals surface area contributed by atoms with Crippen molar-refractivity contribution in [3.05, 3.63) is 69.2 Å². The predicted octanol–water partition coefficient (Wildman–Crippen LogP) is 3.45. The Hall–Kier alpha value is -1.15. The van der Waals surface area contributed by atoms with E-state index in [-0.39, 0.29) is 12.3 Å². The molecular weight excluding hydrogens is 407 g/mol. The van der Waals surface area contributed by atoms with Crippen LogP contribution in [0.4, 0.5) is 0 Å². The monoisotopic (exact) mass is 428 g/mol. The predicted molar refractivity (Wildman–Crippen MR) is 108 cm³/mol. The van der Waals surface area contributed by atoms with Crippen LogP contribution in [0.1, 0.15) is 16.7 Å². The summed E-state index contributed by atoms with van der Waals surface area (Å²) >= 11 is 11.8. The second-order valence-corrected chi connectivity index (χ2v) is 9.16. The lowest BCUT2D eigenvalue weighted by Crippen LogP contribution is -2.35. The highest BCUT2D eigenvalue weighted by molar-refractivity contribution is 7.88. The van der Waals surface area contributed by atoms with Gasteiger partial charge in [-0.2, -0.15) is 0 Å². The fourth-order valence-corrected chi connectivity index (χ4v) is 4.38. The Bertz CT molecular complexity index is 884. The first-order valence-corrected chi connectivity index (χ1v) is 11.1. The molecule has 1 aliphatic heterocycles. The van der Waals surface area contributed by atoms with Gasteiger partial charge >= 0.3 is 0 Å². The number of rotatable bonds is 7. The van der Waals surface area contributed by atoms with Crippen LogP contribution in [0, 0.1) is 0 Å². The van der Waals surface area contributed by atoms with E-state index in [2.05, 4.69) is 15.7 Å². The first kappa shape index (κ1) is 20.6. The minimum atomic E-state index is -3.48. The summed E-state index contributed by atoms with van der Waals surface area (Å²) in [5, 5.41) is 0.753. The smallest absolute Gasteiger partial charge is 0.216 e. The van der Waals surface area contributed by atoms with E-state index >= 15 is 0 Å². The lowest BCUT2D eigenvalue weighted by atomic mass is 10.1. The van der Waals surface area contributed by atoms with Gasteiger partial charge in [-0.25, -0.2) is 13.1 Å². The Balaban J connectivity index is 1.58. The number of hydrogen-bond acceptors (Lipinski definition) is 4. The lowest BCUT2D eigenvalue weighted by molar-refractivity contribution is 0.0342. The maximum Gasteiger partial charge on any atom is 0.216 e. The van der Waals surface area contributed by atoms with Gasteiger partial charge < -0.3 is 4.74 Å². The molecule has 0 unspecified atom stereocenters. The van der Waals surface area contributed by atoms with Crippen LogP contribution in [-0.4, -0.2) is 39.6 Å². The Labute approximate surface area is 170 Å². The molecule has 1 heterocycles. The lowest BCUT2D eigenvalue weighted by Gasteiger charge is -2.26. The summed E-state index contributed by atoms with van der Waals surface area (Å²) in [7, 11) is -3.48. The van der Waals surface area contributed by atoms with Crippen LogP contribution in [0.5, 0.6) is 0 Å². The number of ether oxygens (including phenoxy) is 1. The molecule has 0 amide bonds. The molecule has 146 valence electrons. The zero-order valence-electron chi connectivity index (χ0n) is 14.8. The highest BCUT2D eigenvalue weighted by atomic mass is 35.5. The molecule has 0 aliphatic carbocycles. The summed E-state index contributed by atoms with van der Waals surface area (Å²) in [5.74, 6) is -0.142. The Morgan fingerprint density at radius 2 is 1.70 bits per heavy atom. The zero-order valence-corrected chi connectivity index (χ0v) is 17.2. The van der Waals surface area contributed by atoms with E-state index in [1.54, 1.807) is 18.2 Å². The van der Waals surface area contributed by atoms with Gasteiger partial charge in [-0.05, 0) is 28.8 Å².